The van der Waals surface area contributed by atoms with Crippen molar-refractivity contribution in [1.82, 2.24) is 16.0 Å². The highest BCUT2D eigenvalue weighted by molar-refractivity contribution is 5.92. The molecule has 0 aromatic heterocycles. The highest BCUT2D eigenvalue weighted by Gasteiger charge is 2.26. The molecule has 28 heavy (non-hydrogen) atoms. The summed E-state index contributed by atoms with van der Waals surface area (Å²) in [6, 6.07) is 6.95. The molecule has 0 fully saturated rings. The van der Waals surface area contributed by atoms with Crippen LogP contribution in [-0.2, 0) is 25.6 Å². The summed E-state index contributed by atoms with van der Waals surface area (Å²) < 4.78 is 0. The largest absolute Gasteiger partial charge is 0.480 e. The number of rotatable bonds is 11. The standard InChI is InChI=1S/C19H28N4O5/c1-3-12(2)17(23-15(24)10-20)18(26)21-11-16(25)22-14(19(27)28)9-13-7-5-4-6-8-13/h4-8,12,14,17H,3,9-11,20H2,1-2H3,(H,21,26)(H,22,25)(H,23,24)(H,27,28). The van der Waals surface area contributed by atoms with Gasteiger partial charge in [0.05, 0.1) is 13.1 Å². The molecule has 0 saturated carbocycles. The average Bonchev–Trinajstić information content (AvgIpc) is 2.69. The van der Waals surface area contributed by atoms with Gasteiger partial charge in [-0.05, 0) is 11.5 Å². The van der Waals surface area contributed by atoms with Crippen LogP contribution in [0.5, 0.6) is 0 Å². The zero-order chi connectivity index (χ0) is 21.1. The first-order valence-electron chi connectivity index (χ1n) is 9.11. The van der Waals surface area contributed by atoms with Crippen molar-refractivity contribution in [2.75, 3.05) is 13.1 Å². The van der Waals surface area contributed by atoms with Crippen molar-refractivity contribution in [2.24, 2.45) is 11.7 Å². The van der Waals surface area contributed by atoms with E-state index < -0.39 is 42.3 Å². The van der Waals surface area contributed by atoms with Crippen LogP contribution in [0, 0.1) is 5.92 Å². The fraction of sp³-hybridized carbons (Fsp3) is 0.474. The lowest BCUT2D eigenvalue weighted by molar-refractivity contribution is -0.141. The van der Waals surface area contributed by atoms with E-state index in [2.05, 4.69) is 16.0 Å². The number of nitrogens with two attached hydrogens (primary N) is 1. The minimum Gasteiger partial charge on any atom is -0.480 e. The van der Waals surface area contributed by atoms with Gasteiger partial charge in [-0.2, -0.15) is 0 Å². The van der Waals surface area contributed by atoms with Crippen molar-refractivity contribution in [1.29, 1.82) is 0 Å². The lowest BCUT2D eigenvalue weighted by Gasteiger charge is -2.23. The van der Waals surface area contributed by atoms with Gasteiger partial charge in [0.2, 0.25) is 17.7 Å². The Labute approximate surface area is 164 Å². The van der Waals surface area contributed by atoms with E-state index in [1.165, 1.54) is 0 Å². The minimum atomic E-state index is -1.17. The second kappa shape index (κ2) is 11.7. The molecule has 0 heterocycles. The topological polar surface area (TPSA) is 151 Å². The van der Waals surface area contributed by atoms with Crippen LogP contribution in [0.3, 0.4) is 0 Å². The van der Waals surface area contributed by atoms with Gasteiger partial charge in [-0.3, -0.25) is 14.4 Å². The molecule has 0 aliphatic rings. The van der Waals surface area contributed by atoms with Gasteiger partial charge in [-0.25, -0.2) is 4.79 Å². The van der Waals surface area contributed by atoms with Crippen molar-refractivity contribution in [3.63, 3.8) is 0 Å². The number of hydrogen-bond acceptors (Lipinski definition) is 5. The van der Waals surface area contributed by atoms with Crippen molar-refractivity contribution < 1.29 is 24.3 Å². The fourth-order valence-electron chi connectivity index (χ4n) is 2.51. The average molecular weight is 392 g/mol. The molecule has 0 radical (unpaired) electrons. The Morgan fingerprint density at radius 2 is 1.71 bits per heavy atom. The summed E-state index contributed by atoms with van der Waals surface area (Å²) in [6.45, 7) is 3.01. The van der Waals surface area contributed by atoms with Crippen LogP contribution in [0.25, 0.3) is 0 Å². The number of aliphatic carboxylic acids is 1. The molecular formula is C19H28N4O5. The molecule has 3 unspecified atom stereocenters. The van der Waals surface area contributed by atoms with Gasteiger partial charge in [0.1, 0.15) is 12.1 Å². The summed E-state index contributed by atoms with van der Waals surface area (Å²) in [5.41, 5.74) is 6.03. The lowest BCUT2D eigenvalue weighted by atomic mass is 9.98. The molecule has 0 aliphatic heterocycles. The normalized spacial score (nSPS) is 13.7. The maximum absolute atomic E-state index is 12.3. The van der Waals surface area contributed by atoms with E-state index in [0.29, 0.717) is 6.42 Å². The van der Waals surface area contributed by atoms with Crippen LogP contribution in [0.15, 0.2) is 30.3 Å². The second-order valence-electron chi connectivity index (χ2n) is 6.50. The van der Waals surface area contributed by atoms with Crippen LogP contribution in [-0.4, -0.2) is 54.0 Å². The summed E-state index contributed by atoms with van der Waals surface area (Å²) in [4.78, 5) is 47.4. The van der Waals surface area contributed by atoms with Crippen LogP contribution < -0.4 is 21.7 Å². The molecule has 0 bridgehead atoms. The van der Waals surface area contributed by atoms with Gasteiger partial charge in [0.15, 0.2) is 0 Å². The Bertz CT molecular complexity index is 680. The van der Waals surface area contributed by atoms with Gasteiger partial charge in [0, 0.05) is 6.42 Å². The zero-order valence-corrected chi connectivity index (χ0v) is 16.1. The van der Waals surface area contributed by atoms with Crippen molar-refractivity contribution in [3.8, 4) is 0 Å². The van der Waals surface area contributed by atoms with Gasteiger partial charge < -0.3 is 26.8 Å². The quantitative estimate of drug-likeness (QED) is 0.339. The van der Waals surface area contributed by atoms with Crippen molar-refractivity contribution in [2.45, 2.75) is 38.8 Å². The van der Waals surface area contributed by atoms with Crippen LogP contribution in [0.2, 0.25) is 0 Å². The van der Waals surface area contributed by atoms with Gasteiger partial charge >= 0.3 is 5.97 Å². The molecule has 9 nitrogen and oxygen atoms in total. The third-order valence-electron chi connectivity index (χ3n) is 4.34. The number of hydrogen-bond donors (Lipinski definition) is 5. The first kappa shape index (κ1) is 23.1. The molecule has 3 amide bonds. The first-order valence-corrected chi connectivity index (χ1v) is 9.11. The van der Waals surface area contributed by atoms with Crippen molar-refractivity contribution >= 4 is 23.7 Å². The summed E-state index contributed by atoms with van der Waals surface area (Å²) in [5.74, 6) is -2.97. The maximum atomic E-state index is 12.3. The third-order valence-corrected chi connectivity index (χ3v) is 4.34. The summed E-state index contributed by atoms with van der Waals surface area (Å²) >= 11 is 0. The molecule has 1 rings (SSSR count). The zero-order valence-electron chi connectivity index (χ0n) is 16.1. The summed E-state index contributed by atoms with van der Waals surface area (Å²) in [5, 5.41) is 16.7. The molecule has 154 valence electrons. The Kier molecular flexibility index (Phi) is 9.66. The van der Waals surface area contributed by atoms with Crippen LogP contribution in [0.1, 0.15) is 25.8 Å². The molecule has 0 saturated heterocycles. The van der Waals surface area contributed by atoms with E-state index >= 15 is 0 Å². The Balaban J connectivity index is 2.63. The smallest absolute Gasteiger partial charge is 0.326 e. The van der Waals surface area contributed by atoms with Crippen LogP contribution in [0.4, 0.5) is 0 Å². The number of nitrogens with one attached hydrogen (secondary N) is 3. The van der Waals surface area contributed by atoms with E-state index in [1.54, 1.807) is 31.2 Å². The monoisotopic (exact) mass is 392 g/mol. The van der Waals surface area contributed by atoms with E-state index in [0.717, 1.165) is 5.56 Å². The van der Waals surface area contributed by atoms with Crippen molar-refractivity contribution in [3.05, 3.63) is 35.9 Å². The molecule has 0 aliphatic carbocycles. The predicted molar refractivity (Wildman–Crippen MR) is 103 cm³/mol. The highest BCUT2D eigenvalue weighted by atomic mass is 16.4. The Hall–Kier alpha value is -2.94. The SMILES string of the molecule is CCC(C)C(NC(=O)CN)C(=O)NCC(=O)NC(Cc1ccccc1)C(=O)O. The maximum Gasteiger partial charge on any atom is 0.326 e. The third kappa shape index (κ3) is 7.75. The van der Waals surface area contributed by atoms with E-state index in [1.807, 2.05) is 13.0 Å². The molecule has 0 spiro atoms. The van der Waals surface area contributed by atoms with Crippen LogP contribution >= 0.6 is 0 Å². The molecular weight excluding hydrogens is 364 g/mol. The summed E-state index contributed by atoms with van der Waals surface area (Å²) in [7, 11) is 0. The molecule has 6 N–H and O–H groups in total. The Morgan fingerprint density at radius 1 is 1.07 bits per heavy atom. The molecule has 1 aromatic rings. The predicted octanol–water partition coefficient (Wildman–Crippen LogP) is -0.596. The number of benzene rings is 1. The van der Waals surface area contributed by atoms with E-state index in [-0.39, 0.29) is 18.9 Å². The minimum absolute atomic E-state index is 0.123. The fourth-order valence-corrected chi connectivity index (χ4v) is 2.51. The lowest BCUT2D eigenvalue weighted by Crippen LogP contribution is -2.54. The highest BCUT2D eigenvalue weighted by Crippen LogP contribution is 2.08. The number of carbonyl (C=O) groups excluding carboxylic acids is 3. The van der Waals surface area contributed by atoms with E-state index in [9.17, 15) is 24.3 Å². The molecule has 3 atom stereocenters. The number of carbonyl (C=O) groups is 4. The van der Waals surface area contributed by atoms with E-state index in [4.69, 9.17) is 5.73 Å². The van der Waals surface area contributed by atoms with Gasteiger partial charge in [-0.1, -0.05) is 50.6 Å². The van der Waals surface area contributed by atoms with Gasteiger partial charge in [0.25, 0.3) is 0 Å². The number of carboxylic acid groups (broad SMARTS) is 1. The molecule has 1 aromatic carbocycles. The second-order valence-corrected chi connectivity index (χ2v) is 6.50. The molecule has 9 heteroatoms. The van der Waals surface area contributed by atoms with Gasteiger partial charge in [-0.15, -0.1) is 0 Å². The first-order chi connectivity index (χ1) is 13.3. The number of carboxylic acids is 1. The Morgan fingerprint density at radius 3 is 2.25 bits per heavy atom. The number of amides is 3. The summed E-state index contributed by atoms with van der Waals surface area (Å²) in [6.07, 6.45) is 0.755.